The van der Waals surface area contributed by atoms with Crippen molar-refractivity contribution in [3.63, 3.8) is 0 Å². The highest BCUT2D eigenvalue weighted by molar-refractivity contribution is 9.21. The molecule has 2 aromatic carbocycles. The maximum absolute atomic E-state index is 5.76. The van der Waals surface area contributed by atoms with Gasteiger partial charge in [-0.3, -0.25) is 0 Å². The monoisotopic (exact) mass is 345 g/mol. The summed E-state index contributed by atoms with van der Waals surface area (Å²) in [4.78, 5) is 9.02. The Morgan fingerprint density at radius 3 is 2.32 bits per heavy atom. The summed E-state index contributed by atoms with van der Waals surface area (Å²) < 4.78 is 5.76. The Hall–Kier alpha value is -1.70. The van der Waals surface area contributed by atoms with Crippen molar-refractivity contribution in [2.24, 2.45) is 9.98 Å². The average molecular weight is 345 g/mol. The SMILES string of the molecule is c1ccc(NC2=NC3=S(S2)SC(Oc2ccccc2)=N3)cc1. The molecule has 1 N–H and O–H groups in total. The molecule has 1 unspecified atom stereocenters. The van der Waals surface area contributed by atoms with E-state index in [1.807, 2.05) is 60.7 Å². The first-order chi connectivity index (χ1) is 10.9. The predicted octanol–water partition coefficient (Wildman–Crippen LogP) is 4.57. The van der Waals surface area contributed by atoms with Gasteiger partial charge in [0.05, 0.1) is 0 Å². The molecule has 0 fully saturated rings. The molecule has 0 spiro atoms. The number of amidine groups is 1. The molecule has 0 radical (unpaired) electrons. The van der Waals surface area contributed by atoms with Gasteiger partial charge in [-0.1, -0.05) is 36.4 Å². The largest absolute Gasteiger partial charge is 0.433 e. The number of anilines is 1. The van der Waals surface area contributed by atoms with E-state index in [0.717, 1.165) is 21.7 Å². The van der Waals surface area contributed by atoms with Crippen LogP contribution in [-0.2, 0) is 0 Å². The van der Waals surface area contributed by atoms with Gasteiger partial charge in [-0.15, -0.1) is 0 Å². The van der Waals surface area contributed by atoms with Gasteiger partial charge in [-0.2, -0.15) is 9.98 Å². The number of nitrogens with one attached hydrogen (secondary N) is 1. The molecule has 1 atom stereocenters. The van der Waals surface area contributed by atoms with Crippen molar-refractivity contribution >= 4 is 51.3 Å². The lowest BCUT2D eigenvalue weighted by Crippen LogP contribution is -2.07. The third-order valence-electron chi connectivity index (χ3n) is 2.81. The maximum atomic E-state index is 5.76. The van der Waals surface area contributed by atoms with Crippen molar-refractivity contribution < 1.29 is 4.74 Å². The fourth-order valence-corrected chi connectivity index (χ4v) is 6.96. The van der Waals surface area contributed by atoms with E-state index in [-0.39, 0.29) is 8.55 Å². The molecule has 2 heterocycles. The highest BCUT2D eigenvalue weighted by Crippen LogP contribution is 2.53. The first-order valence-electron chi connectivity index (χ1n) is 6.57. The number of hydrogen-bond donors (Lipinski definition) is 1. The van der Waals surface area contributed by atoms with Gasteiger partial charge in [0.1, 0.15) is 5.75 Å². The Labute approximate surface area is 137 Å². The van der Waals surface area contributed by atoms with E-state index < -0.39 is 0 Å². The zero-order chi connectivity index (χ0) is 14.8. The minimum atomic E-state index is -0.120. The molecule has 2 aromatic rings. The number of aliphatic imine (C=N–C) groups is 2. The molecule has 0 aliphatic carbocycles. The molecule has 22 heavy (non-hydrogen) atoms. The highest BCUT2D eigenvalue weighted by Gasteiger charge is 2.27. The standard InChI is InChI=1S/C15H11N3OS3/c1-3-7-11(8-4-1)16-13-17-14-18-15(21-22(14)20-13)19-12-9-5-2-6-10-12/h1-10H,(H,16,17). The Bertz CT molecular complexity index is 723. The van der Waals surface area contributed by atoms with Gasteiger partial charge in [-0.25, -0.2) is 0 Å². The summed E-state index contributed by atoms with van der Waals surface area (Å²) in [6.45, 7) is 0. The van der Waals surface area contributed by atoms with Crippen LogP contribution < -0.4 is 10.1 Å². The first-order valence-corrected chi connectivity index (χ1v) is 10.5. The normalized spacial score (nSPS) is 19.5. The average Bonchev–Trinajstić information content (AvgIpc) is 3.07. The Morgan fingerprint density at radius 1 is 0.864 bits per heavy atom. The summed E-state index contributed by atoms with van der Waals surface area (Å²) in [6, 6.07) is 19.7. The van der Waals surface area contributed by atoms with E-state index in [2.05, 4.69) is 15.3 Å². The fourth-order valence-electron chi connectivity index (χ4n) is 1.85. The molecule has 0 saturated carbocycles. The number of nitrogens with zero attached hydrogens (tertiary/aromatic N) is 2. The highest BCUT2D eigenvalue weighted by atomic mass is 33.5. The van der Waals surface area contributed by atoms with Crippen molar-refractivity contribution in [3.8, 4) is 5.75 Å². The summed E-state index contributed by atoms with van der Waals surface area (Å²) in [5.41, 5.74) is 1.04. The Morgan fingerprint density at radius 2 is 1.59 bits per heavy atom. The lowest BCUT2D eigenvalue weighted by molar-refractivity contribution is 0.568. The minimum absolute atomic E-state index is 0.120. The van der Waals surface area contributed by atoms with Crippen LogP contribution in [0.2, 0.25) is 0 Å². The molecule has 0 saturated heterocycles. The fraction of sp³-hybridized carbons (Fsp3) is 0. The second-order valence-electron chi connectivity index (χ2n) is 4.38. The quantitative estimate of drug-likeness (QED) is 0.640. The molecule has 2 aliphatic heterocycles. The van der Waals surface area contributed by atoms with E-state index in [1.165, 1.54) is 0 Å². The number of para-hydroxylation sites is 2. The predicted molar refractivity (Wildman–Crippen MR) is 99.8 cm³/mol. The van der Waals surface area contributed by atoms with Crippen LogP contribution in [0.4, 0.5) is 5.69 Å². The van der Waals surface area contributed by atoms with Gasteiger partial charge in [0.25, 0.3) is 5.23 Å². The van der Waals surface area contributed by atoms with E-state index in [1.54, 1.807) is 21.6 Å². The van der Waals surface area contributed by atoms with Gasteiger partial charge in [-0.05, 0) is 43.6 Å². The Balaban J connectivity index is 1.43. The van der Waals surface area contributed by atoms with Crippen LogP contribution in [0.3, 0.4) is 0 Å². The third-order valence-corrected chi connectivity index (χ3v) is 8.19. The second kappa shape index (κ2) is 6.20. The summed E-state index contributed by atoms with van der Waals surface area (Å²) in [6.07, 6.45) is 0. The summed E-state index contributed by atoms with van der Waals surface area (Å²) >= 11 is 0. The summed E-state index contributed by atoms with van der Waals surface area (Å²) in [7, 11) is 3.19. The minimum Gasteiger partial charge on any atom is -0.433 e. The zero-order valence-electron chi connectivity index (χ0n) is 11.3. The first kappa shape index (κ1) is 13.9. The molecule has 0 bridgehead atoms. The van der Waals surface area contributed by atoms with Crippen molar-refractivity contribution in [3.05, 3.63) is 60.7 Å². The Kier molecular flexibility index (Phi) is 3.92. The number of ether oxygens (including phenoxy) is 1. The maximum Gasteiger partial charge on any atom is 0.269 e. The van der Waals surface area contributed by atoms with Crippen molar-refractivity contribution in [1.29, 1.82) is 0 Å². The number of benzene rings is 2. The van der Waals surface area contributed by atoms with E-state index in [9.17, 15) is 0 Å². The van der Waals surface area contributed by atoms with Crippen LogP contribution in [0, 0.1) is 0 Å². The van der Waals surface area contributed by atoms with Gasteiger partial charge in [0, 0.05) is 16.5 Å². The van der Waals surface area contributed by atoms with E-state index in [0.29, 0.717) is 5.23 Å². The van der Waals surface area contributed by atoms with Gasteiger partial charge >= 0.3 is 0 Å². The molecular weight excluding hydrogens is 334 g/mol. The molecule has 2 aliphatic rings. The molecule has 4 nitrogen and oxygen atoms in total. The molecule has 7 heteroatoms. The lowest BCUT2D eigenvalue weighted by atomic mass is 10.3. The van der Waals surface area contributed by atoms with Crippen molar-refractivity contribution in [2.45, 2.75) is 0 Å². The molecule has 0 aromatic heterocycles. The molecular formula is C15H11N3OS3. The lowest BCUT2D eigenvalue weighted by Gasteiger charge is -2.07. The van der Waals surface area contributed by atoms with Crippen LogP contribution >= 0.6 is 30.1 Å². The number of hydrogen-bond acceptors (Lipinski definition) is 6. The smallest absolute Gasteiger partial charge is 0.269 e. The van der Waals surface area contributed by atoms with Crippen molar-refractivity contribution in [2.75, 3.05) is 5.32 Å². The van der Waals surface area contributed by atoms with Crippen LogP contribution in [0.15, 0.2) is 70.6 Å². The van der Waals surface area contributed by atoms with Crippen LogP contribution in [0.1, 0.15) is 0 Å². The summed E-state index contributed by atoms with van der Waals surface area (Å²) in [5.74, 6) is 0.802. The van der Waals surface area contributed by atoms with Gasteiger partial charge < -0.3 is 10.1 Å². The van der Waals surface area contributed by atoms with Crippen molar-refractivity contribution in [1.82, 2.24) is 0 Å². The van der Waals surface area contributed by atoms with Crippen LogP contribution in [0.5, 0.6) is 5.75 Å². The topological polar surface area (TPSA) is 46.0 Å². The van der Waals surface area contributed by atoms with Crippen LogP contribution in [-0.4, -0.2) is 15.5 Å². The van der Waals surface area contributed by atoms with E-state index >= 15 is 0 Å². The molecule has 0 amide bonds. The van der Waals surface area contributed by atoms with Gasteiger partial charge in [0.2, 0.25) is 5.11 Å². The zero-order valence-corrected chi connectivity index (χ0v) is 13.8. The number of rotatable bonds is 2. The molecule has 4 rings (SSSR count). The third kappa shape index (κ3) is 3.06. The van der Waals surface area contributed by atoms with Crippen LogP contribution in [0.25, 0.3) is 0 Å². The summed E-state index contributed by atoms with van der Waals surface area (Å²) in [5, 5.41) is 5.70. The van der Waals surface area contributed by atoms with E-state index in [4.69, 9.17) is 4.74 Å². The van der Waals surface area contributed by atoms with Gasteiger partial charge in [0.15, 0.2) is 5.17 Å². The molecule has 110 valence electrons. The second-order valence-corrected chi connectivity index (χ2v) is 9.92.